The topological polar surface area (TPSA) is 57.6 Å². The first-order valence-electron chi connectivity index (χ1n) is 5.97. The maximum Gasteiger partial charge on any atom is 0.243 e. The molecule has 0 atom stereocenters. The van der Waals surface area contributed by atoms with Crippen molar-refractivity contribution in [2.45, 2.75) is 25.3 Å². The van der Waals surface area contributed by atoms with Crippen LogP contribution in [0.15, 0.2) is 29.2 Å². The number of halogens is 2. The fourth-order valence-electron chi connectivity index (χ4n) is 1.70. The van der Waals surface area contributed by atoms with Gasteiger partial charge in [0.05, 0.1) is 16.5 Å². The molecule has 112 valence electrons. The SMILES string of the molecule is C=C(C)CN(CC)S(=O)(=O)c1cc(F)c(Cl)c(CO)c1. The van der Waals surface area contributed by atoms with Crippen molar-refractivity contribution in [1.82, 2.24) is 4.31 Å². The zero-order chi connectivity index (χ0) is 15.5. The fourth-order valence-corrected chi connectivity index (χ4v) is 3.44. The molecule has 1 aromatic rings. The standard InChI is InChI=1S/C13H17ClFNO3S/c1-4-16(7-9(2)3)20(18,19)11-5-10(8-17)13(14)12(15)6-11/h5-6,17H,2,4,7-8H2,1,3H3. The molecular weight excluding hydrogens is 305 g/mol. The lowest BCUT2D eigenvalue weighted by atomic mass is 10.2. The summed E-state index contributed by atoms with van der Waals surface area (Å²) >= 11 is 5.66. The quantitative estimate of drug-likeness (QED) is 0.819. The largest absolute Gasteiger partial charge is 0.392 e. The van der Waals surface area contributed by atoms with Crippen LogP contribution in [0.25, 0.3) is 0 Å². The summed E-state index contributed by atoms with van der Waals surface area (Å²) in [4.78, 5) is -0.230. The molecule has 0 fully saturated rings. The molecule has 0 spiro atoms. The highest BCUT2D eigenvalue weighted by Gasteiger charge is 2.25. The number of hydrogen-bond donors (Lipinski definition) is 1. The van der Waals surface area contributed by atoms with Crippen molar-refractivity contribution in [2.24, 2.45) is 0 Å². The van der Waals surface area contributed by atoms with Gasteiger partial charge >= 0.3 is 0 Å². The Morgan fingerprint density at radius 3 is 2.55 bits per heavy atom. The van der Waals surface area contributed by atoms with E-state index >= 15 is 0 Å². The molecule has 0 aromatic heterocycles. The van der Waals surface area contributed by atoms with Gasteiger partial charge in [-0.2, -0.15) is 4.31 Å². The number of hydrogen-bond acceptors (Lipinski definition) is 3. The van der Waals surface area contributed by atoms with Crippen molar-refractivity contribution in [3.05, 3.63) is 40.7 Å². The van der Waals surface area contributed by atoms with Crippen LogP contribution in [0.5, 0.6) is 0 Å². The number of sulfonamides is 1. The van der Waals surface area contributed by atoms with Crippen LogP contribution in [-0.2, 0) is 16.6 Å². The van der Waals surface area contributed by atoms with Gasteiger partial charge in [-0.15, -0.1) is 0 Å². The van der Waals surface area contributed by atoms with Crippen LogP contribution in [-0.4, -0.2) is 30.9 Å². The Hall–Kier alpha value is -0.950. The van der Waals surface area contributed by atoms with E-state index < -0.39 is 22.4 Å². The van der Waals surface area contributed by atoms with Gasteiger partial charge in [0.25, 0.3) is 0 Å². The van der Waals surface area contributed by atoms with Gasteiger partial charge in [-0.1, -0.05) is 30.7 Å². The first kappa shape index (κ1) is 17.1. The van der Waals surface area contributed by atoms with Crippen LogP contribution >= 0.6 is 11.6 Å². The van der Waals surface area contributed by atoms with Crippen LogP contribution in [0.2, 0.25) is 5.02 Å². The van der Waals surface area contributed by atoms with Crippen LogP contribution < -0.4 is 0 Å². The third-order valence-electron chi connectivity index (χ3n) is 2.68. The van der Waals surface area contributed by atoms with E-state index in [1.165, 1.54) is 10.4 Å². The smallest absolute Gasteiger partial charge is 0.243 e. The number of aliphatic hydroxyl groups is 1. The Balaban J connectivity index is 3.34. The first-order valence-corrected chi connectivity index (χ1v) is 7.79. The Kier molecular flexibility index (Phi) is 5.70. The third kappa shape index (κ3) is 3.58. The van der Waals surface area contributed by atoms with E-state index in [2.05, 4.69) is 6.58 Å². The first-order chi connectivity index (χ1) is 9.23. The Morgan fingerprint density at radius 2 is 2.10 bits per heavy atom. The van der Waals surface area contributed by atoms with Crippen LogP contribution in [0.1, 0.15) is 19.4 Å². The molecule has 0 aliphatic heterocycles. The van der Waals surface area contributed by atoms with Crippen molar-refractivity contribution in [1.29, 1.82) is 0 Å². The van der Waals surface area contributed by atoms with Crippen molar-refractivity contribution < 1.29 is 17.9 Å². The molecule has 0 saturated carbocycles. The number of benzene rings is 1. The van der Waals surface area contributed by atoms with Crippen molar-refractivity contribution in [2.75, 3.05) is 13.1 Å². The maximum atomic E-state index is 13.6. The minimum atomic E-state index is -3.86. The van der Waals surface area contributed by atoms with Gasteiger partial charge in [0.2, 0.25) is 10.0 Å². The molecule has 0 unspecified atom stereocenters. The Bertz CT molecular complexity index is 616. The van der Waals surface area contributed by atoms with Crippen LogP contribution in [0, 0.1) is 5.82 Å². The van der Waals surface area contributed by atoms with Gasteiger partial charge < -0.3 is 5.11 Å². The van der Waals surface area contributed by atoms with Gasteiger partial charge in [0.15, 0.2) is 0 Å². The fraction of sp³-hybridized carbons (Fsp3) is 0.385. The lowest BCUT2D eigenvalue weighted by Gasteiger charge is -2.21. The van der Waals surface area contributed by atoms with Crippen molar-refractivity contribution >= 4 is 21.6 Å². The summed E-state index contributed by atoms with van der Waals surface area (Å²) in [5.74, 6) is -0.872. The highest BCUT2D eigenvalue weighted by atomic mass is 35.5. The average molecular weight is 322 g/mol. The highest BCUT2D eigenvalue weighted by Crippen LogP contribution is 2.26. The minimum absolute atomic E-state index is 0.0385. The Labute approximate surface area is 123 Å². The third-order valence-corrected chi connectivity index (χ3v) is 5.01. The van der Waals surface area contributed by atoms with Crippen molar-refractivity contribution in [3.63, 3.8) is 0 Å². The second kappa shape index (κ2) is 6.67. The van der Waals surface area contributed by atoms with Crippen LogP contribution in [0.3, 0.4) is 0 Å². The summed E-state index contributed by atoms with van der Waals surface area (Å²) in [6.45, 7) is 6.91. The van der Waals surface area contributed by atoms with Gasteiger partial charge in [0.1, 0.15) is 5.82 Å². The molecule has 0 amide bonds. The molecule has 7 heteroatoms. The molecule has 0 radical (unpaired) electrons. The molecule has 0 aliphatic rings. The molecule has 1 N–H and O–H groups in total. The van der Waals surface area contributed by atoms with E-state index in [1.54, 1.807) is 13.8 Å². The molecule has 0 saturated heterocycles. The predicted molar refractivity (Wildman–Crippen MR) is 76.6 cm³/mol. The molecule has 0 heterocycles. The lowest BCUT2D eigenvalue weighted by molar-refractivity contribution is 0.281. The summed E-state index contributed by atoms with van der Waals surface area (Å²) in [5.41, 5.74) is 0.712. The summed E-state index contributed by atoms with van der Waals surface area (Å²) in [7, 11) is -3.86. The number of aliphatic hydroxyl groups excluding tert-OH is 1. The van der Waals surface area contributed by atoms with E-state index in [0.29, 0.717) is 5.57 Å². The molecule has 0 bridgehead atoms. The number of rotatable bonds is 6. The van der Waals surface area contributed by atoms with E-state index in [0.717, 1.165) is 6.07 Å². The van der Waals surface area contributed by atoms with Gasteiger partial charge in [-0.25, -0.2) is 12.8 Å². The number of likely N-dealkylation sites (N-methyl/N-ethyl adjacent to an activating group) is 1. The summed E-state index contributed by atoms with van der Waals surface area (Å²) < 4.78 is 39.7. The monoisotopic (exact) mass is 321 g/mol. The van der Waals surface area contributed by atoms with Gasteiger partial charge in [-0.05, 0) is 19.1 Å². The summed E-state index contributed by atoms with van der Waals surface area (Å²) in [6.07, 6.45) is 0. The van der Waals surface area contributed by atoms with Gasteiger partial charge in [0, 0.05) is 18.7 Å². The Morgan fingerprint density at radius 1 is 1.50 bits per heavy atom. The average Bonchev–Trinajstić information content (AvgIpc) is 2.38. The van der Waals surface area contributed by atoms with E-state index in [1.807, 2.05) is 0 Å². The van der Waals surface area contributed by atoms with Crippen molar-refractivity contribution in [3.8, 4) is 0 Å². The van der Waals surface area contributed by atoms with Gasteiger partial charge in [-0.3, -0.25) is 0 Å². The molecule has 4 nitrogen and oxygen atoms in total. The lowest BCUT2D eigenvalue weighted by Crippen LogP contribution is -2.32. The number of nitrogens with zero attached hydrogens (tertiary/aromatic N) is 1. The van der Waals surface area contributed by atoms with E-state index in [9.17, 15) is 12.8 Å². The molecule has 1 rings (SSSR count). The van der Waals surface area contributed by atoms with E-state index in [4.69, 9.17) is 16.7 Å². The zero-order valence-electron chi connectivity index (χ0n) is 11.4. The zero-order valence-corrected chi connectivity index (χ0v) is 12.9. The highest BCUT2D eigenvalue weighted by molar-refractivity contribution is 7.89. The summed E-state index contributed by atoms with van der Waals surface area (Å²) in [5, 5.41) is 8.83. The van der Waals surface area contributed by atoms with E-state index in [-0.39, 0.29) is 28.6 Å². The van der Waals surface area contributed by atoms with Crippen LogP contribution in [0.4, 0.5) is 4.39 Å². The molecule has 20 heavy (non-hydrogen) atoms. The normalized spacial score (nSPS) is 11.9. The second-order valence-corrected chi connectivity index (χ2v) is 6.74. The molecule has 1 aromatic carbocycles. The minimum Gasteiger partial charge on any atom is -0.392 e. The maximum absolute atomic E-state index is 13.6. The molecular formula is C13H17ClFNO3S. The predicted octanol–water partition coefficient (Wildman–Crippen LogP) is 2.56. The summed E-state index contributed by atoms with van der Waals surface area (Å²) in [6, 6.07) is 2.04. The second-order valence-electron chi connectivity index (χ2n) is 4.42. The molecule has 0 aliphatic carbocycles.